The van der Waals surface area contributed by atoms with Crippen LogP contribution in [0.2, 0.25) is 0 Å². The largest absolute Gasteiger partial charge is 0.496 e. The summed E-state index contributed by atoms with van der Waals surface area (Å²) in [4.78, 5) is 27.2. The molecule has 1 aliphatic heterocycles. The SMILES string of the molecule is COc1ccccc1CNC(=O)[C@H](CCS(C)(=O)=O)N1Cc2ccccc2C1=O. The van der Waals surface area contributed by atoms with Gasteiger partial charge in [0.2, 0.25) is 5.91 Å². The molecule has 1 N–H and O–H groups in total. The number of hydrogen-bond donors (Lipinski definition) is 1. The van der Waals surface area contributed by atoms with Crippen LogP contribution in [0.5, 0.6) is 5.75 Å². The molecular weight excluding hydrogens is 392 g/mol. The van der Waals surface area contributed by atoms with Gasteiger partial charge in [-0.15, -0.1) is 0 Å². The van der Waals surface area contributed by atoms with Crippen molar-refractivity contribution < 1.29 is 22.7 Å². The Balaban J connectivity index is 1.78. The summed E-state index contributed by atoms with van der Waals surface area (Å²) in [6.07, 6.45) is 1.16. The van der Waals surface area contributed by atoms with Crippen molar-refractivity contribution in [3.05, 3.63) is 65.2 Å². The van der Waals surface area contributed by atoms with Gasteiger partial charge in [-0.3, -0.25) is 9.59 Å². The Morgan fingerprint density at radius 1 is 1.17 bits per heavy atom. The lowest BCUT2D eigenvalue weighted by Gasteiger charge is -2.27. The summed E-state index contributed by atoms with van der Waals surface area (Å²) in [5.41, 5.74) is 2.18. The molecule has 0 bridgehead atoms. The number of sulfone groups is 1. The minimum Gasteiger partial charge on any atom is -0.496 e. The van der Waals surface area contributed by atoms with Crippen molar-refractivity contribution in [1.82, 2.24) is 10.2 Å². The molecule has 0 aromatic heterocycles. The molecule has 0 fully saturated rings. The number of methoxy groups -OCH3 is 1. The van der Waals surface area contributed by atoms with Crippen LogP contribution in [0.3, 0.4) is 0 Å². The molecule has 2 aromatic carbocycles. The van der Waals surface area contributed by atoms with Crippen LogP contribution in [0, 0.1) is 0 Å². The molecule has 154 valence electrons. The minimum atomic E-state index is -3.28. The number of nitrogens with one attached hydrogen (secondary N) is 1. The van der Waals surface area contributed by atoms with Gasteiger partial charge < -0.3 is 15.0 Å². The van der Waals surface area contributed by atoms with Crippen LogP contribution in [0.4, 0.5) is 0 Å². The molecule has 1 atom stereocenters. The summed E-state index contributed by atoms with van der Waals surface area (Å²) in [6, 6.07) is 13.6. The molecule has 0 spiro atoms. The highest BCUT2D eigenvalue weighted by molar-refractivity contribution is 7.90. The molecule has 1 heterocycles. The number of carbonyl (C=O) groups is 2. The van der Waals surface area contributed by atoms with E-state index in [1.165, 1.54) is 4.90 Å². The number of amides is 2. The molecule has 0 saturated carbocycles. The molecule has 0 aliphatic carbocycles. The Hall–Kier alpha value is -2.87. The summed E-state index contributed by atoms with van der Waals surface area (Å²) in [5.74, 6) is -0.183. The summed E-state index contributed by atoms with van der Waals surface area (Å²) in [6.45, 7) is 0.499. The maximum Gasteiger partial charge on any atom is 0.255 e. The molecule has 0 saturated heterocycles. The third-order valence-corrected chi connectivity index (χ3v) is 5.91. The highest BCUT2D eigenvalue weighted by atomic mass is 32.2. The van der Waals surface area contributed by atoms with Crippen LogP contribution < -0.4 is 10.1 Å². The number of carbonyl (C=O) groups excluding carboxylic acids is 2. The molecule has 0 unspecified atom stereocenters. The van der Waals surface area contributed by atoms with E-state index in [2.05, 4.69) is 5.32 Å². The first-order valence-electron chi connectivity index (χ1n) is 9.26. The van der Waals surface area contributed by atoms with Gasteiger partial charge in [-0.05, 0) is 24.1 Å². The number of rotatable bonds is 8. The molecule has 3 rings (SSSR count). The van der Waals surface area contributed by atoms with Crippen molar-refractivity contribution in [2.24, 2.45) is 0 Å². The highest BCUT2D eigenvalue weighted by Crippen LogP contribution is 2.26. The zero-order valence-corrected chi connectivity index (χ0v) is 17.2. The second-order valence-corrected chi connectivity index (χ2v) is 9.31. The lowest BCUT2D eigenvalue weighted by Crippen LogP contribution is -2.47. The fourth-order valence-electron chi connectivity index (χ4n) is 3.43. The van der Waals surface area contributed by atoms with E-state index in [0.29, 0.717) is 11.3 Å². The van der Waals surface area contributed by atoms with Gasteiger partial charge in [-0.1, -0.05) is 36.4 Å². The monoisotopic (exact) mass is 416 g/mol. The van der Waals surface area contributed by atoms with Crippen molar-refractivity contribution in [3.8, 4) is 5.75 Å². The van der Waals surface area contributed by atoms with E-state index in [0.717, 1.165) is 17.4 Å². The zero-order chi connectivity index (χ0) is 21.0. The van der Waals surface area contributed by atoms with Crippen molar-refractivity contribution in [2.75, 3.05) is 19.1 Å². The average Bonchev–Trinajstić information content (AvgIpc) is 3.02. The van der Waals surface area contributed by atoms with E-state index in [4.69, 9.17) is 4.74 Å². The van der Waals surface area contributed by atoms with Gasteiger partial charge in [0.1, 0.15) is 21.6 Å². The van der Waals surface area contributed by atoms with Crippen LogP contribution >= 0.6 is 0 Å². The fourth-order valence-corrected chi connectivity index (χ4v) is 4.08. The van der Waals surface area contributed by atoms with Crippen LogP contribution in [0.1, 0.15) is 27.9 Å². The molecule has 2 aromatic rings. The van der Waals surface area contributed by atoms with E-state index < -0.39 is 15.9 Å². The Morgan fingerprint density at radius 2 is 1.86 bits per heavy atom. The van der Waals surface area contributed by atoms with Crippen LogP contribution in [-0.2, 0) is 27.7 Å². The zero-order valence-electron chi connectivity index (χ0n) is 16.4. The first kappa shape index (κ1) is 20.9. The topological polar surface area (TPSA) is 92.8 Å². The van der Waals surface area contributed by atoms with E-state index in [1.54, 1.807) is 25.3 Å². The van der Waals surface area contributed by atoms with Crippen molar-refractivity contribution >= 4 is 21.7 Å². The van der Waals surface area contributed by atoms with Crippen LogP contribution in [0.15, 0.2) is 48.5 Å². The molecule has 29 heavy (non-hydrogen) atoms. The third kappa shape index (κ3) is 4.95. The van der Waals surface area contributed by atoms with Gasteiger partial charge in [-0.2, -0.15) is 0 Å². The summed E-state index contributed by atoms with van der Waals surface area (Å²) < 4.78 is 28.7. The maximum atomic E-state index is 13.0. The average molecular weight is 416 g/mol. The van der Waals surface area contributed by atoms with E-state index in [-0.39, 0.29) is 37.1 Å². The molecule has 0 radical (unpaired) electrons. The lowest BCUT2D eigenvalue weighted by molar-refractivity contribution is -0.126. The molecule has 8 heteroatoms. The van der Waals surface area contributed by atoms with E-state index in [9.17, 15) is 18.0 Å². The summed E-state index contributed by atoms with van der Waals surface area (Å²) in [7, 11) is -1.73. The van der Waals surface area contributed by atoms with Crippen LogP contribution in [-0.4, -0.2) is 50.3 Å². The van der Waals surface area contributed by atoms with Gasteiger partial charge in [0.15, 0.2) is 0 Å². The van der Waals surface area contributed by atoms with Gasteiger partial charge in [0, 0.05) is 30.5 Å². The minimum absolute atomic E-state index is 0.0380. The number of benzene rings is 2. The standard InChI is InChI=1S/C21H24N2O5S/c1-28-19-10-6-4-7-15(19)13-22-20(24)18(11-12-29(2,26)27)23-14-16-8-3-5-9-17(16)21(23)25/h3-10,18H,11-14H2,1-2H3,(H,22,24)/t18-/m0/s1. The van der Waals surface area contributed by atoms with Crippen LogP contribution in [0.25, 0.3) is 0 Å². The number of ether oxygens (including phenoxy) is 1. The van der Waals surface area contributed by atoms with Crippen molar-refractivity contribution in [3.63, 3.8) is 0 Å². The fraction of sp³-hybridized carbons (Fsp3) is 0.333. The second kappa shape index (κ2) is 8.65. The Bertz CT molecular complexity index is 1020. The second-order valence-electron chi connectivity index (χ2n) is 7.05. The molecular formula is C21H24N2O5S. The summed E-state index contributed by atoms with van der Waals surface area (Å²) in [5, 5.41) is 2.83. The third-order valence-electron chi connectivity index (χ3n) is 4.94. The Kier molecular flexibility index (Phi) is 6.22. The number of para-hydroxylation sites is 1. The quantitative estimate of drug-likeness (QED) is 0.708. The van der Waals surface area contributed by atoms with Gasteiger partial charge in [0.05, 0.1) is 12.9 Å². The summed E-state index contributed by atoms with van der Waals surface area (Å²) >= 11 is 0. The van der Waals surface area contributed by atoms with Gasteiger partial charge in [0.25, 0.3) is 5.91 Å². The number of nitrogens with zero attached hydrogens (tertiary/aromatic N) is 1. The lowest BCUT2D eigenvalue weighted by atomic mass is 10.1. The van der Waals surface area contributed by atoms with E-state index >= 15 is 0 Å². The predicted molar refractivity (Wildman–Crippen MR) is 109 cm³/mol. The number of fused-ring (bicyclic) bond motifs is 1. The highest BCUT2D eigenvalue weighted by Gasteiger charge is 2.36. The first-order valence-corrected chi connectivity index (χ1v) is 11.3. The van der Waals surface area contributed by atoms with Gasteiger partial charge >= 0.3 is 0 Å². The molecule has 1 aliphatic rings. The normalized spacial score (nSPS) is 14.4. The molecule has 2 amide bonds. The number of hydrogen-bond acceptors (Lipinski definition) is 5. The van der Waals surface area contributed by atoms with Crippen molar-refractivity contribution in [1.29, 1.82) is 0 Å². The predicted octanol–water partition coefficient (Wildman–Crippen LogP) is 1.77. The maximum absolute atomic E-state index is 13.0. The molecule has 7 nitrogen and oxygen atoms in total. The van der Waals surface area contributed by atoms with Crippen molar-refractivity contribution in [2.45, 2.75) is 25.6 Å². The Morgan fingerprint density at radius 3 is 2.55 bits per heavy atom. The van der Waals surface area contributed by atoms with E-state index in [1.807, 2.05) is 30.3 Å². The first-order chi connectivity index (χ1) is 13.8. The smallest absolute Gasteiger partial charge is 0.255 e. The Labute approximate surface area is 170 Å². The van der Waals surface area contributed by atoms with Gasteiger partial charge in [-0.25, -0.2) is 8.42 Å².